The van der Waals surface area contributed by atoms with E-state index in [2.05, 4.69) is 31.3 Å². The van der Waals surface area contributed by atoms with Gasteiger partial charge >= 0.3 is 6.03 Å². The van der Waals surface area contributed by atoms with Gasteiger partial charge in [0.05, 0.1) is 12.8 Å². The van der Waals surface area contributed by atoms with E-state index in [1.165, 1.54) is 24.3 Å². The fourth-order valence-corrected chi connectivity index (χ4v) is 3.87. The van der Waals surface area contributed by atoms with Crippen molar-refractivity contribution in [1.29, 1.82) is 0 Å². The number of barbiturate groups is 1. The summed E-state index contributed by atoms with van der Waals surface area (Å²) >= 11 is 0. The molecule has 0 saturated carbocycles. The SMILES string of the molecule is COc1cc(/C=C2\C(=O)NC(=O)N(c3ccc(C)c(C)c3)C2=O)ccc1OCc1ccc(C)c(C)c1. The van der Waals surface area contributed by atoms with Gasteiger partial charge in [-0.15, -0.1) is 0 Å². The van der Waals surface area contributed by atoms with Crippen LogP contribution in [0.3, 0.4) is 0 Å². The van der Waals surface area contributed by atoms with E-state index in [-0.39, 0.29) is 5.57 Å². The Kier molecular flexibility index (Phi) is 6.92. The van der Waals surface area contributed by atoms with Gasteiger partial charge in [0, 0.05) is 0 Å². The fourth-order valence-electron chi connectivity index (χ4n) is 3.87. The fraction of sp³-hybridized carbons (Fsp3) is 0.207. The number of anilines is 1. The molecule has 1 aliphatic rings. The highest BCUT2D eigenvalue weighted by atomic mass is 16.5. The van der Waals surface area contributed by atoms with Crippen molar-refractivity contribution in [3.05, 3.63) is 93.6 Å². The van der Waals surface area contributed by atoms with Crippen LogP contribution in [0.1, 0.15) is 33.4 Å². The van der Waals surface area contributed by atoms with Crippen LogP contribution >= 0.6 is 0 Å². The number of imide groups is 2. The maximum Gasteiger partial charge on any atom is 0.335 e. The Balaban J connectivity index is 1.59. The summed E-state index contributed by atoms with van der Waals surface area (Å²) in [7, 11) is 1.52. The van der Waals surface area contributed by atoms with Gasteiger partial charge in [-0.05, 0) is 91.4 Å². The first-order chi connectivity index (χ1) is 17.2. The van der Waals surface area contributed by atoms with Crippen LogP contribution in [0.15, 0.2) is 60.2 Å². The first-order valence-electron chi connectivity index (χ1n) is 11.5. The van der Waals surface area contributed by atoms with Gasteiger partial charge in [0.25, 0.3) is 11.8 Å². The maximum atomic E-state index is 13.2. The standard InChI is InChI=1S/C29H28N2O5/c1-17-6-8-22(12-19(17)3)16-36-25-11-9-21(15-26(25)35-5)14-24-27(32)30-29(34)31(28(24)33)23-10-7-18(2)20(4)13-23/h6-15H,16H2,1-5H3,(H,30,32,34)/b24-14+. The van der Waals surface area contributed by atoms with Gasteiger partial charge in [0.2, 0.25) is 0 Å². The molecule has 0 aliphatic carbocycles. The highest BCUT2D eigenvalue weighted by molar-refractivity contribution is 6.39. The minimum atomic E-state index is -0.780. The minimum absolute atomic E-state index is 0.154. The summed E-state index contributed by atoms with van der Waals surface area (Å²) in [5.41, 5.74) is 6.19. The number of urea groups is 1. The van der Waals surface area contributed by atoms with Crippen molar-refractivity contribution < 1.29 is 23.9 Å². The van der Waals surface area contributed by atoms with Crippen molar-refractivity contribution in [3.63, 3.8) is 0 Å². The summed E-state index contributed by atoms with van der Waals surface area (Å²) in [6, 6.07) is 15.7. The summed E-state index contributed by atoms with van der Waals surface area (Å²) in [5, 5.41) is 2.25. The Bertz CT molecular complexity index is 1410. The molecule has 1 N–H and O–H groups in total. The molecule has 0 atom stereocenters. The Morgan fingerprint density at radius 2 is 1.50 bits per heavy atom. The Labute approximate surface area is 210 Å². The lowest BCUT2D eigenvalue weighted by Crippen LogP contribution is -2.54. The second-order valence-corrected chi connectivity index (χ2v) is 8.84. The van der Waals surface area contributed by atoms with Crippen LogP contribution in [0, 0.1) is 27.7 Å². The minimum Gasteiger partial charge on any atom is -0.493 e. The molecule has 0 radical (unpaired) electrons. The highest BCUT2D eigenvalue weighted by Crippen LogP contribution is 2.31. The quantitative estimate of drug-likeness (QED) is 0.385. The van der Waals surface area contributed by atoms with Gasteiger partial charge in [0.1, 0.15) is 12.2 Å². The molecule has 1 saturated heterocycles. The van der Waals surface area contributed by atoms with Crippen molar-refractivity contribution in [2.24, 2.45) is 0 Å². The lowest BCUT2D eigenvalue weighted by atomic mass is 10.0. The number of ether oxygens (including phenoxy) is 2. The van der Waals surface area contributed by atoms with E-state index in [0.29, 0.717) is 29.4 Å². The zero-order valence-electron chi connectivity index (χ0n) is 21.0. The number of nitrogens with one attached hydrogen (secondary N) is 1. The van der Waals surface area contributed by atoms with Crippen LogP contribution in [-0.2, 0) is 16.2 Å². The maximum absolute atomic E-state index is 13.2. The number of aryl methyl sites for hydroxylation is 4. The van der Waals surface area contributed by atoms with Gasteiger partial charge < -0.3 is 9.47 Å². The van der Waals surface area contributed by atoms with E-state index in [9.17, 15) is 14.4 Å². The zero-order valence-corrected chi connectivity index (χ0v) is 21.0. The lowest BCUT2D eigenvalue weighted by Gasteiger charge is -2.26. The largest absolute Gasteiger partial charge is 0.493 e. The second-order valence-electron chi connectivity index (χ2n) is 8.84. The van der Waals surface area contributed by atoms with Gasteiger partial charge in [-0.2, -0.15) is 0 Å². The summed E-state index contributed by atoms with van der Waals surface area (Å²) in [4.78, 5) is 39.2. The molecule has 3 aromatic carbocycles. The zero-order chi connectivity index (χ0) is 26.0. The molecule has 7 heteroatoms. The molecule has 0 unspecified atom stereocenters. The number of rotatable bonds is 6. The molecule has 1 aliphatic heterocycles. The normalized spacial score (nSPS) is 14.8. The van der Waals surface area contributed by atoms with Crippen molar-refractivity contribution in [3.8, 4) is 11.5 Å². The van der Waals surface area contributed by atoms with E-state index in [4.69, 9.17) is 9.47 Å². The van der Waals surface area contributed by atoms with E-state index >= 15 is 0 Å². The molecule has 184 valence electrons. The van der Waals surface area contributed by atoms with Gasteiger partial charge in [-0.1, -0.05) is 30.3 Å². The van der Waals surface area contributed by atoms with Gasteiger partial charge in [-0.3, -0.25) is 14.9 Å². The predicted molar refractivity (Wildman–Crippen MR) is 138 cm³/mol. The van der Waals surface area contributed by atoms with E-state index in [0.717, 1.165) is 21.6 Å². The monoisotopic (exact) mass is 484 g/mol. The molecule has 0 spiro atoms. The number of hydrogen-bond acceptors (Lipinski definition) is 5. The third-order valence-corrected chi connectivity index (χ3v) is 6.31. The van der Waals surface area contributed by atoms with Crippen LogP contribution in [0.5, 0.6) is 11.5 Å². The number of methoxy groups -OCH3 is 1. The molecule has 1 heterocycles. The number of carbonyl (C=O) groups is 3. The average molecular weight is 485 g/mol. The Morgan fingerprint density at radius 1 is 0.806 bits per heavy atom. The summed E-state index contributed by atoms with van der Waals surface area (Å²) in [6.45, 7) is 8.31. The van der Waals surface area contributed by atoms with E-state index < -0.39 is 17.8 Å². The van der Waals surface area contributed by atoms with Gasteiger partial charge in [0.15, 0.2) is 11.5 Å². The van der Waals surface area contributed by atoms with Gasteiger partial charge in [-0.25, -0.2) is 9.69 Å². The number of nitrogens with zero attached hydrogens (tertiary/aromatic N) is 1. The molecule has 36 heavy (non-hydrogen) atoms. The molecular formula is C29H28N2O5. The first-order valence-corrected chi connectivity index (χ1v) is 11.5. The number of amides is 4. The lowest BCUT2D eigenvalue weighted by molar-refractivity contribution is -0.122. The molecule has 0 bridgehead atoms. The number of carbonyl (C=O) groups excluding carboxylic acids is 3. The average Bonchev–Trinajstić information content (AvgIpc) is 2.84. The van der Waals surface area contributed by atoms with Crippen molar-refractivity contribution in [1.82, 2.24) is 5.32 Å². The summed E-state index contributed by atoms with van der Waals surface area (Å²) in [6.07, 6.45) is 1.44. The summed E-state index contributed by atoms with van der Waals surface area (Å²) in [5.74, 6) is -0.455. The smallest absolute Gasteiger partial charge is 0.335 e. The molecule has 7 nitrogen and oxygen atoms in total. The Morgan fingerprint density at radius 3 is 2.17 bits per heavy atom. The van der Waals surface area contributed by atoms with Crippen LogP contribution in [-0.4, -0.2) is 25.0 Å². The summed E-state index contributed by atoms with van der Waals surface area (Å²) < 4.78 is 11.4. The third kappa shape index (κ3) is 5.00. The molecule has 4 rings (SSSR count). The predicted octanol–water partition coefficient (Wildman–Crippen LogP) is 5.17. The number of hydrogen-bond donors (Lipinski definition) is 1. The molecule has 1 fully saturated rings. The van der Waals surface area contributed by atoms with Crippen LogP contribution in [0.25, 0.3) is 6.08 Å². The molecule has 0 aromatic heterocycles. The van der Waals surface area contributed by atoms with Crippen LogP contribution < -0.4 is 19.7 Å². The van der Waals surface area contributed by atoms with Crippen LogP contribution in [0.2, 0.25) is 0 Å². The molecular weight excluding hydrogens is 456 g/mol. The van der Waals surface area contributed by atoms with E-state index in [1.54, 1.807) is 30.3 Å². The number of benzene rings is 3. The van der Waals surface area contributed by atoms with Crippen molar-refractivity contribution in [2.75, 3.05) is 12.0 Å². The molecule has 4 amide bonds. The van der Waals surface area contributed by atoms with Crippen molar-refractivity contribution >= 4 is 29.6 Å². The van der Waals surface area contributed by atoms with Crippen LogP contribution in [0.4, 0.5) is 10.5 Å². The Hall–Kier alpha value is -4.39. The van der Waals surface area contributed by atoms with Crippen molar-refractivity contribution in [2.45, 2.75) is 34.3 Å². The first kappa shape index (κ1) is 24.7. The second kappa shape index (κ2) is 10.1. The van der Waals surface area contributed by atoms with E-state index in [1.807, 2.05) is 26.0 Å². The third-order valence-electron chi connectivity index (χ3n) is 6.31. The topological polar surface area (TPSA) is 84.9 Å². The molecule has 3 aromatic rings. The highest BCUT2D eigenvalue weighted by Gasteiger charge is 2.37.